The largest absolute Gasteiger partial charge is 0.492 e. The summed E-state index contributed by atoms with van der Waals surface area (Å²) in [5, 5.41) is 23.7. The molecule has 30 heavy (non-hydrogen) atoms. The number of aliphatic hydroxyl groups is 1. The van der Waals surface area contributed by atoms with E-state index < -0.39 is 0 Å². The normalized spacial score (nSPS) is 17.9. The Labute approximate surface area is 172 Å². The van der Waals surface area contributed by atoms with Crippen molar-refractivity contribution in [2.75, 3.05) is 26.2 Å². The third-order valence-electron chi connectivity index (χ3n) is 5.42. The molecular formula is C22H22N4O4. The number of hydrogen-bond donors (Lipinski definition) is 2. The molecule has 5 rings (SSSR count). The molecule has 1 aliphatic heterocycles. The molecule has 0 amide bonds. The molecule has 3 aromatic heterocycles. The zero-order valence-corrected chi connectivity index (χ0v) is 16.3. The molecule has 4 heterocycles. The van der Waals surface area contributed by atoms with Gasteiger partial charge in [-0.25, -0.2) is 4.98 Å². The van der Waals surface area contributed by atoms with Crippen LogP contribution in [0.5, 0.6) is 5.75 Å². The molecule has 0 saturated carbocycles. The molecule has 0 spiro atoms. The molecule has 0 bridgehead atoms. The quantitative estimate of drug-likeness (QED) is 0.391. The fourth-order valence-electron chi connectivity index (χ4n) is 3.83. The fourth-order valence-corrected chi connectivity index (χ4v) is 3.83. The monoisotopic (exact) mass is 406 g/mol. The van der Waals surface area contributed by atoms with Crippen LogP contribution in [-0.4, -0.2) is 56.9 Å². The molecule has 154 valence electrons. The van der Waals surface area contributed by atoms with Gasteiger partial charge in [0.1, 0.15) is 29.0 Å². The van der Waals surface area contributed by atoms with Gasteiger partial charge in [-0.05, 0) is 42.8 Å². The molecule has 4 aromatic rings. The van der Waals surface area contributed by atoms with Crippen LogP contribution in [0.1, 0.15) is 6.42 Å². The highest BCUT2D eigenvalue weighted by atomic mass is 16.5. The first-order valence-electron chi connectivity index (χ1n) is 9.92. The SMILES string of the molecule is O/N=c1\cc(-c2cc3cccn3cn2)oc2ccc(OCCN3CCC(O)C3)cc12. The van der Waals surface area contributed by atoms with Crippen LogP contribution in [0.4, 0.5) is 0 Å². The van der Waals surface area contributed by atoms with Gasteiger partial charge in [-0.2, -0.15) is 0 Å². The highest BCUT2D eigenvalue weighted by Crippen LogP contribution is 2.24. The van der Waals surface area contributed by atoms with E-state index in [1.165, 1.54) is 0 Å². The lowest BCUT2D eigenvalue weighted by atomic mass is 10.2. The van der Waals surface area contributed by atoms with Gasteiger partial charge in [-0.1, -0.05) is 5.16 Å². The van der Waals surface area contributed by atoms with Crippen molar-refractivity contribution in [3.8, 4) is 17.2 Å². The molecule has 1 unspecified atom stereocenters. The van der Waals surface area contributed by atoms with E-state index >= 15 is 0 Å². The van der Waals surface area contributed by atoms with E-state index in [1.54, 1.807) is 24.5 Å². The highest BCUT2D eigenvalue weighted by molar-refractivity contribution is 5.80. The molecule has 1 aliphatic rings. The van der Waals surface area contributed by atoms with Crippen LogP contribution >= 0.6 is 0 Å². The Morgan fingerprint density at radius 3 is 3.00 bits per heavy atom. The lowest BCUT2D eigenvalue weighted by molar-refractivity contribution is 0.167. The van der Waals surface area contributed by atoms with Crippen molar-refractivity contribution in [2.24, 2.45) is 5.16 Å². The van der Waals surface area contributed by atoms with Crippen molar-refractivity contribution in [1.82, 2.24) is 14.3 Å². The van der Waals surface area contributed by atoms with Gasteiger partial charge < -0.3 is 23.9 Å². The van der Waals surface area contributed by atoms with Crippen molar-refractivity contribution in [3.05, 3.63) is 60.3 Å². The van der Waals surface area contributed by atoms with Crippen molar-refractivity contribution in [1.29, 1.82) is 0 Å². The summed E-state index contributed by atoms with van der Waals surface area (Å²) in [6.07, 6.45) is 4.22. The lowest BCUT2D eigenvalue weighted by Crippen LogP contribution is -2.27. The van der Waals surface area contributed by atoms with Crippen molar-refractivity contribution in [2.45, 2.75) is 12.5 Å². The number of likely N-dealkylation sites (tertiary alicyclic amines) is 1. The Bertz CT molecular complexity index is 1260. The molecule has 2 N–H and O–H groups in total. The number of aromatic nitrogens is 2. The van der Waals surface area contributed by atoms with Gasteiger partial charge in [0.15, 0.2) is 5.76 Å². The van der Waals surface area contributed by atoms with Crippen molar-refractivity contribution >= 4 is 16.5 Å². The number of nitrogens with zero attached hydrogens (tertiary/aromatic N) is 4. The predicted molar refractivity (Wildman–Crippen MR) is 110 cm³/mol. The molecule has 1 saturated heterocycles. The second-order valence-corrected chi connectivity index (χ2v) is 7.46. The van der Waals surface area contributed by atoms with E-state index in [9.17, 15) is 10.3 Å². The number of benzene rings is 1. The molecule has 1 atom stereocenters. The van der Waals surface area contributed by atoms with Crippen LogP contribution in [0.15, 0.2) is 64.6 Å². The van der Waals surface area contributed by atoms with Crippen LogP contribution in [-0.2, 0) is 0 Å². The Morgan fingerprint density at radius 1 is 1.23 bits per heavy atom. The molecular weight excluding hydrogens is 384 g/mol. The second-order valence-electron chi connectivity index (χ2n) is 7.46. The average Bonchev–Trinajstić information content (AvgIpc) is 3.41. The number of β-amino-alcohol motifs (C(OH)–C–C–N with tert-alkyl or cyclic N) is 1. The maximum atomic E-state index is 9.61. The molecule has 0 aliphatic carbocycles. The zero-order chi connectivity index (χ0) is 20.5. The average molecular weight is 406 g/mol. The maximum Gasteiger partial charge on any atom is 0.155 e. The summed E-state index contributed by atoms with van der Waals surface area (Å²) in [7, 11) is 0. The lowest BCUT2D eigenvalue weighted by Gasteiger charge is -2.15. The Hall–Kier alpha value is -3.36. The Kier molecular flexibility index (Phi) is 4.86. The van der Waals surface area contributed by atoms with E-state index in [0.717, 1.165) is 25.0 Å². The molecule has 8 nitrogen and oxygen atoms in total. The highest BCUT2D eigenvalue weighted by Gasteiger charge is 2.19. The van der Waals surface area contributed by atoms with Crippen LogP contribution in [0.25, 0.3) is 27.9 Å². The Morgan fingerprint density at radius 2 is 2.17 bits per heavy atom. The van der Waals surface area contributed by atoms with Crippen molar-refractivity contribution < 1.29 is 19.5 Å². The van der Waals surface area contributed by atoms with E-state index in [1.807, 2.05) is 34.9 Å². The van der Waals surface area contributed by atoms with Gasteiger partial charge in [0, 0.05) is 37.4 Å². The van der Waals surface area contributed by atoms with Gasteiger partial charge in [0.2, 0.25) is 0 Å². The molecule has 0 radical (unpaired) electrons. The summed E-state index contributed by atoms with van der Waals surface area (Å²) in [5.41, 5.74) is 2.22. The number of hydrogen-bond acceptors (Lipinski definition) is 7. The maximum absolute atomic E-state index is 9.61. The summed E-state index contributed by atoms with van der Waals surface area (Å²) < 4.78 is 13.8. The number of fused-ring (bicyclic) bond motifs is 2. The Balaban J connectivity index is 1.41. The van der Waals surface area contributed by atoms with E-state index in [2.05, 4.69) is 15.0 Å². The van der Waals surface area contributed by atoms with Gasteiger partial charge in [0.05, 0.1) is 17.8 Å². The molecule has 1 aromatic carbocycles. The minimum atomic E-state index is -0.233. The first-order chi connectivity index (χ1) is 14.7. The standard InChI is InChI=1S/C22H22N4O4/c27-16-5-7-25(13-16)8-9-29-17-3-4-21-18(11-17)19(24-28)12-22(30-21)20-10-15-2-1-6-26(15)14-23-20/h1-4,6,10-12,14,16,27-28H,5,7-9,13H2/b24-19+. The second kappa shape index (κ2) is 7.81. The van der Waals surface area contributed by atoms with Crippen LogP contribution < -0.4 is 10.1 Å². The van der Waals surface area contributed by atoms with Gasteiger partial charge >= 0.3 is 0 Å². The number of ether oxygens (including phenoxy) is 1. The number of aliphatic hydroxyl groups excluding tert-OH is 1. The van der Waals surface area contributed by atoms with E-state index in [-0.39, 0.29) is 6.10 Å². The topological polar surface area (TPSA) is 95.7 Å². The van der Waals surface area contributed by atoms with Gasteiger partial charge in [-0.15, -0.1) is 0 Å². The van der Waals surface area contributed by atoms with E-state index in [0.29, 0.717) is 46.7 Å². The smallest absolute Gasteiger partial charge is 0.155 e. The van der Waals surface area contributed by atoms with Crippen LogP contribution in [0, 0.1) is 0 Å². The van der Waals surface area contributed by atoms with Gasteiger partial charge in [-0.3, -0.25) is 4.90 Å². The van der Waals surface area contributed by atoms with Crippen LogP contribution in [0.2, 0.25) is 0 Å². The summed E-state index contributed by atoms with van der Waals surface area (Å²) >= 11 is 0. The third-order valence-corrected chi connectivity index (χ3v) is 5.42. The zero-order valence-electron chi connectivity index (χ0n) is 16.3. The first kappa shape index (κ1) is 18.7. The minimum Gasteiger partial charge on any atom is -0.492 e. The third kappa shape index (κ3) is 3.62. The minimum absolute atomic E-state index is 0.233. The summed E-state index contributed by atoms with van der Waals surface area (Å²) in [6.45, 7) is 2.85. The van der Waals surface area contributed by atoms with E-state index in [4.69, 9.17) is 9.15 Å². The summed E-state index contributed by atoms with van der Waals surface area (Å²) in [5.74, 6) is 1.18. The van der Waals surface area contributed by atoms with Crippen molar-refractivity contribution in [3.63, 3.8) is 0 Å². The molecule has 1 fully saturated rings. The predicted octanol–water partition coefficient (Wildman–Crippen LogP) is 2.48. The first-order valence-corrected chi connectivity index (χ1v) is 9.92. The molecule has 8 heteroatoms. The number of rotatable bonds is 5. The summed E-state index contributed by atoms with van der Waals surface area (Å²) in [6, 6.07) is 13.0. The summed E-state index contributed by atoms with van der Waals surface area (Å²) in [4.78, 5) is 6.61. The van der Waals surface area contributed by atoms with Gasteiger partial charge in [0.25, 0.3) is 0 Å². The fraction of sp³-hybridized carbons (Fsp3) is 0.273. The van der Waals surface area contributed by atoms with Crippen LogP contribution in [0.3, 0.4) is 0 Å².